The van der Waals surface area contributed by atoms with Crippen molar-refractivity contribution < 1.29 is 9.53 Å². The summed E-state index contributed by atoms with van der Waals surface area (Å²) in [6.45, 7) is 7.10. The maximum atomic E-state index is 12.1. The van der Waals surface area contributed by atoms with E-state index < -0.39 is 0 Å². The minimum Gasteiger partial charge on any atom is -0.486 e. The number of hydrogen-bond acceptors (Lipinski definition) is 4. The third kappa shape index (κ3) is 4.56. The number of aromatic nitrogens is 1. The normalized spacial score (nSPS) is 10.5. The molecule has 2 rings (SSSR count). The number of aryl methyl sites for hydroxylation is 2. The van der Waals surface area contributed by atoms with Gasteiger partial charge in [0, 0.05) is 6.54 Å². The molecule has 1 N–H and O–H groups in total. The summed E-state index contributed by atoms with van der Waals surface area (Å²) < 4.78 is 5.71. The molecule has 0 unspecified atom stereocenters. The topological polar surface area (TPSA) is 51.2 Å². The fourth-order valence-electron chi connectivity index (χ4n) is 1.96. The molecule has 4 nitrogen and oxygen atoms in total. The Balaban J connectivity index is 1.94. The molecule has 2 aromatic rings. The van der Waals surface area contributed by atoms with Gasteiger partial charge in [-0.05, 0) is 32.4 Å². The Bertz CT molecular complexity index is 620. The maximum absolute atomic E-state index is 12.1. The number of nitrogens with one attached hydrogen (secondary N) is 1. The average Bonchev–Trinajstić information content (AvgIpc) is 2.88. The average molecular weight is 318 g/mol. The fraction of sp³-hybridized carbons (Fsp3) is 0.412. The lowest BCUT2D eigenvalue weighted by Crippen LogP contribution is -2.24. The molecule has 0 saturated carbocycles. The summed E-state index contributed by atoms with van der Waals surface area (Å²) >= 11 is 1.40. The van der Waals surface area contributed by atoms with Crippen LogP contribution in [-0.4, -0.2) is 17.4 Å². The van der Waals surface area contributed by atoms with Crippen LogP contribution >= 0.6 is 11.3 Å². The highest BCUT2D eigenvalue weighted by molar-refractivity contribution is 7.13. The van der Waals surface area contributed by atoms with Crippen molar-refractivity contribution in [3.63, 3.8) is 0 Å². The van der Waals surface area contributed by atoms with Gasteiger partial charge in [0.25, 0.3) is 5.91 Å². The highest BCUT2D eigenvalue weighted by atomic mass is 32.1. The maximum Gasteiger partial charge on any atom is 0.263 e. The Hall–Kier alpha value is -1.88. The van der Waals surface area contributed by atoms with Gasteiger partial charge in [-0.25, -0.2) is 4.98 Å². The summed E-state index contributed by atoms with van der Waals surface area (Å²) in [5.41, 5.74) is 1.96. The van der Waals surface area contributed by atoms with Crippen molar-refractivity contribution in [1.82, 2.24) is 10.3 Å². The second-order valence-corrected chi connectivity index (χ2v) is 6.32. The number of unbranched alkanes of at least 4 members (excludes halogenated alkanes) is 1. The minimum atomic E-state index is -0.0370. The summed E-state index contributed by atoms with van der Waals surface area (Å²) in [6, 6.07) is 7.90. The smallest absolute Gasteiger partial charge is 0.263 e. The monoisotopic (exact) mass is 318 g/mol. The Morgan fingerprint density at radius 2 is 2.00 bits per heavy atom. The molecule has 0 spiro atoms. The van der Waals surface area contributed by atoms with E-state index in [1.54, 1.807) is 0 Å². The summed E-state index contributed by atoms with van der Waals surface area (Å²) in [6.07, 6.45) is 2.06. The van der Waals surface area contributed by atoms with Crippen LogP contribution in [0.1, 0.15) is 45.7 Å². The second kappa shape index (κ2) is 7.94. The molecule has 1 aromatic carbocycles. The Morgan fingerprint density at radius 3 is 2.68 bits per heavy atom. The predicted molar refractivity (Wildman–Crippen MR) is 89.6 cm³/mol. The van der Waals surface area contributed by atoms with Crippen molar-refractivity contribution in [3.8, 4) is 5.75 Å². The number of hydrogen-bond donors (Lipinski definition) is 1. The van der Waals surface area contributed by atoms with Crippen molar-refractivity contribution >= 4 is 17.2 Å². The van der Waals surface area contributed by atoms with Gasteiger partial charge in [-0.2, -0.15) is 0 Å². The predicted octanol–water partition coefficient (Wildman–Crippen LogP) is 3.87. The zero-order valence-electron chi connectivity index (χ0n) is 13.3. The Labute approximate surface area is 135 Å². The van der Waals surface area contributed by atoms with Crippen LogP contribution in [0.3, 0.4) is 0 Å². The van der Waals surface area contributed by atoms with E-state index in [4.69, 9.17) is 4.74 Å². The first kappa shape index (κ1) is 16.5. The molecule has 0 saturated heterocycles. The van der Waals surface area contributed by atoms with E-state index in [0.29, 0.717) is 18.0 Å². The van der Waals surface area contributed by atoms with Gasteiger partial charge in [0.1, 0.15) is 22.2 Å². The quantitative estimate of drug-likeness (QED) is 0.789. The first-order valence-corrected chi connectivity index (χ1v) is 8.35. The first-order valence-electron chi connectivity index (χ1n) is 7.54. The SMILES string of the molecule is CCCCNC(=O)c1sc(COc2ccc(C)cc2)nc1C. The number of nitrogens with zero attached hydrogens (tertiary/aromatic N) is 1. The van der Waals surface area contributed by atoms with Gasteiger partial charge >= 0.3 is 0 Å². The molecule has 0 atom stereocenters. The van der Waals surface area contributed by atoms with Crippen molar-refractivity contribution in [3.05, 3.63) is 45.4 Å². The molecule has 118 valence electrons. The molecule has 0 aliphatic rings. The van der Waals surface area contributed by atoms with Crippen molar-refractivity contribution in [2.24, 2.45) is 0 Å². The molecular weight excluding hydrogens is 296 g/mol. The zero-order valence-corrected chi connectivity index (χ0v) is 14.1. The van der Waals surface area contributed by atoms with Crippen LogP contribution in [0.5, 0.6) is 5.75 Å². The molecule has 1 amide bonds. The summed E-state index contributed by atoms with van der Waals surface area (Å²) in [5, 5.41) is 3.74. The van der Waals surface area contributed by atoms with E-state index in [-0.39, 0.29) is 5.91 Å². The molecular formula is C17H22N2O2S. The lowest BCUT2D eigenvalue weighted by atomic mass is 10.2. The van der Waals surface area contributed by atoms with E-state index in [2.05, 4.69) is 17.2 Å². The van der Waals surface area contributed by atoms with E-state index in [1.807, 2.05) is 38.1 Å². The third-order valence-corrected chi connectivity index (χ3v) is 4.38. The van der Waals surface area contributed by atoms with Gasteiger partial charge in [0.15, 0.2) is 0 Å². The van der Waals surface area contributed by atoms with E-state index in [9.17, 15) is 4.79 Å². The van der Waals surface area contributed by atoms with Crippen LogP contribution < -0.4 is 10.1 Å². The number of ether oxygens (including phenoxy) is 1. The van der Waals surface area contributed by atoms with Crippen LogP contribution in [0.4, 0.5) is 0 Å². The number of thiazole rings is 1. The molecule has 0 fully saturated rings. The Kier molecular flexibility index (Phi) is 5.95. The highest BCUT2D eigenvalue weighted by Gasteiger charge is 2.15. The van der Waals surface area contributed by atoms with Crippen LogP contribution in [0.2, 0.25) is 0 Å². The first-order chi connectivity index (χ1) is 10.6. The lowest BCUT2D eigenvalue weighted by Gasteiger charge is -2.03. The van der Waals surface area contributed by atoms with E-state index in [0.717, 1.165) is 29.3 Å². The molecule has 1 aromatic heterocycles. The number of carbonyl (C=O) groups is 1. The van der Waals surface area contributed by atoms with Crippen LogP contribution in [0.15, 0.2) is 24.3 Å². The van der Waals surface area contributed by atoms with Gasteiger partial charge < -0.3 is 10.1 Å². The number of carbonyl (C=O) groups excluding carboxylic acids is 1. The van der Waals surface area contributed by atoms with Crippen LogP contribution in [-0.2, 0) is 6.61 Å². The molecule has 0 bridgehead atoms. The fourth-order valence-corrected chi connectivity index (χ4v) is 2.86. The number of rotatable bonds is 7. The minimum absolute atomic E-state index is 0.0370. The van der Waals surface area contributed by atoms with Crippen molar-refractivity contribution in [1.29, 1.82) is 0 Å². The molecule has 1 heterocycles. The molecule has 0 aliphatic carbocycles. The largest absolute Gasteiger partial charge is 0.486 e. The van der Waals surface area contributed by atoms with Gasteiger partial charge in [0.05, 0.1) is 5.69 Å². The highest BCUT2D eigenvalue weighted by Crippen LogP contribution is 2.20. The lowest BCUT2D eigenvalue weighted by molar-refractivity contribution is 0.0956. The van der Waals surface area contributed by atoms with Crippen molar-refractivity contribution in [2.45, 2.75) is 40.2 Å². The Morgan fingerprint density at radius 1 is 1.27 bits per heavy atom. The molecule has 0 aliphatic heterocycles. The van der Waals surface area contributed by atoms with E-state index >= 15 is 0 Å². The molecule has 22 heavy (non-hydrogen) atoms. The molecule has 0 radical (unpaired) electrons. The number of amides is 1. The zero-order chi connectivity index (χ0) is 15.9. The standard InChI is InChI=1S/C17H22N2O2S/c1-4-5-10-18-17(20)16-13(3)19-15(22-16)11-21-14-8-6-12(2)7-9-14/h6-9H,4-5,10-11H2,1-3H3,(H,18,20). The van der Waals surface area contributed by atoms with Gasteiger partial charge in [-0.1, -0.05) is 31.0 Å². The second-order valence-electron chi connectivity index (χ2n) is 5.23. The summed E-state index contributed by atoms with van der Waals surface area (Å²) in [4.78, 5) is 17.2. The summed E-state index contributed by atoms with van der Waals surface area (Å²) in [7, 11) is 0. The van der Waals surface area contributed by atoms with Gasteiger partial charge in [0.2, 0.25) is 0 Å². The number of benzene rings is 1. The van der Waals surface area contributed by atoms with Crippen LogP contribution in [0.25, 0.3) is 0 Å². The van der Waals surface area contributed by atoms with Gasteiger partial charge in [-0.15, -0.1) is 11.3 Å². The van der Waals surface area contributed by atoms with Crippen molar-refractivity contribution in [2.75, 3.05) is 6.54 Å². The van der Waals surface area contributed by atoms with E-state index in [1.165, 1.54) is 16.9 Å². The third-order valence-electron chi connectivity index (χ3n) is 3.25. The van der Waals surface area contributed by atoms with Crippen LogP contribution in [0, 0.1) is 13.8 Å². The summed E-state index contributed by atoms with van der Waals surface area (Å²) in [5.74, 6) is 0.775. The molecule has 5 heteroatoms. The van der Waals surface area contributed by atoms with Gasteiger partial charge in [-0.3, -0.25) is 4.79 Å².